The number of ether oxygens (including phenoxy) is 3. The van der Waals surface area contributed by atoms with Crippen molar-refractivity contribution < 1.29 is 105 Å². The highest BCUT2D eigenvalue weighted by Crippen LogP contribution is 2.56. The molecule has 9 N–H and O–H groups in total. The molecule has 13 atom stereocenters. The maximum atomic E-state index is 12.7. The Morgan fingerprint density at radius 3 is 2.32 bits per heavy atom. The highest BCUT2D eigenvalue weighted by atomic mass is 32.2. The number of nitrogens with one attached hydrogen (secondary N) is 2. The number of aliphatic hydroxyl groups excluding tert-OH is 5. The molecule has 2 aromatic heterocycles. The van der Waals surface area contributed by atoms with Crippen LogP contribution < -0.4 is 35.9 Å². The van der Waals surface area contributed by atoms with Crippen LogP contribution in [0.3, 0.4) is 0 Å². The van der Waals surface area contributed by atoms with Crippen LogP contribution >= 0.6 is 35.2 Å². The van der Waals surface area contributed by atoms with Crippen LogP contribution in [0.1, 0.15) is 91.7 Å². The third-order valence-electron chi connectivity index (χ3n) is 11.1. The summed E-state index contributed by atoms with van der Waals surface area (Å²) in [5, 5.41) is 56.3. The lowest BCUT2D eigenvalue weighted by atomic mass is 9.87. The van der Waals surface area contributed by atoms with Gasteiger partial charge in [0.15, 0.2) is 29.1 Å². The Balaban J connectivity index is 1.08. The van der Waals surface area contributed by atoms with E-state index in [4.69, 9.17) is 19.9 Å². The quantitative estimate of drug-likeness (QED) is 0.0296. The summed E-state index contributed by atoms with van der Waals surface area (Å²) in [4.78, 5) is 97.0. The van der Waals surface area contributed by atoms with Crippen LogP contribution in [0.2, 0.25) is 0 Å². The van der Waals surface area contributed by atoms with Crippen molar-refractivity contribution in [3.8, 4) is 0 Å². The Hall–Kier alpha value is -2.64. The van der Waals surface area contributed by atoms with E-state index in [1.807, 2.05) is 6.92 Å². The van der Waals surface area contributed by atoms with E-state index in [1.54, 1.807) is 6.92 Å². The molecule has 0 radical (unpaired) electrons. The summed E-state index contributed by atoms with van der Waals surface area (Å²) >= 11 is 0.936. The molecule has 2 aliphatic heterocycles. The number of phosphoric acid groups is 3. The number of hydrogen-bond donors (Lipinski definition) is 8. The van der Waals surface area contributed by atoms with Crippen LogP contribution in [0.5, 0.6) is 0 Å². The van der Waals surface area contributed by atoms with Crippen molar-refractivity contribution in [2.45, 2.75) is 153 Å². The van der Waals surface area contributed by atoms with E-state index < -0.39 is 115 Å². The zero-order valence-corrected chi connectivity index (χ0v) is 42.7. The van der Waals surface area contributed by atoms with Gasteiger partial charge in [-0.05, 0) is 26.7 Å². The zero-order chi connectivity index (χ0) is 52.9. The second-order valence-corrected chi connectivity index (χ2v) is 22.8. The first-order valence-corrected chi connectivity index (χ1v) is 27.8. The Morgan fingerprint density at radius 2 is 1.63 bits per heavy atom. The third kappa shape index (κ3) is 19.9. The normalized spacial score (nSPS) is 26.0. The number of fused-ring (bicyclic) bond motifs is 1. The molecular formula is C38H62N7O22P3S-4. The Kier molecular flexibility index (Phi) is 23.4. The fourth-order valence-electron chi connectivity index (χ4n) is 7.15. The first-order valence-electron chi connectivity index (χ1n) is 22.4. The van der Waals surface area contributed by atoms with Crippen LogP contribution in [-0.4, -0.2) is 155 Å². The number of hydrogen-bond acceptors (Lipinski definition) is 27. The number of nitrogen functional groups attached to an aromatic ring is 1. The fraction of sp³-hybridized carbons (Fsp3) is 0.789. The number of carbonyl (C=O) groups excluding carboxylic acids is 3. The standard InChI is InChI=1S/C38H66N7O22P3S/c1-21(63-37-25(48)16-24(47)22(2)64-37)9-7-5-6-8-10-23(46)15-28(50)71-14-13-40-27(49)11-12-41-35(53)32(52)38(3,4)18-62-70(59,60)67-69(57,58)61-17-26-31(66-68(54,55)56)30(51)36(65-26)45-20-44-29-33(39)42-19-43-34(29)45/h19-26,30-32,36-37,46-48,51-52H,5-18H2,1-4H3,(H,40,49)(H,41,53)(H,57,58)(H,59,60)(H2,39,42,43)(H2,54,55,56)/p-4/t21-,22+,23-,24-,25-,26-,30-,31-,32+,36-,37-/m1/s1. The lowest BCUT2D eigenvalue weighted by molar-refractivity contribution is -0.347. The van der Waals surface area contributed by atoms with Gasteiger partial charge in [0.25, 0.3) is 15.6 Å². The summed E-state index contributed by atoms with van der Waals surface area (Å²) in [5.41, 5.74) is 4.02. The van der Waals surface area contributed by atoms with Gasteiger partial charge in [-0.1, -0.05) is 51.3 Å². The maximum absolute atomic E-state index is 12.7. The topological polar surface area (TPSA) is 454 Å². The van der Waals surface area contributed by atoms with Crippen LogP contribution in [0, 0.1) is 5.41 Å². The van der Waals surface area contributed by atoms with E-state index in [0.717, 1.165) is 54.7 Å². The number of thioether (sulfide) groups is 1. The van der Waals surface area contributed by atoms with Gasteiger partial charge in [0, 0.05) is 43.5 Å². The molecule has 0 saturated carbocycles. The minimum Gasteiger partial charge on any atom is -0.790 e. The van der Waals surface area contributed by atoms with Crippen molar-refractivity contribution in [2.75, 3.05) is 37.8 Å². The molecule has 2 fully saturated rings. The average molecular weight is 1090 g/mol. The number of anilines is 1. The Morgan fingerprint density at radius 1 is 0.958 bits per heavy atom. The molecule has 33 heteroatoms. The van der Waals surface area contributed by atoms with Gasteiger partial charge in [0.05, 0.1) is 51.8 Å². The number of amides is 2. The number of rotatable bonds is 30. The molecule has 0 aliphatic carbocycles. The van der Waals surface area contributed by atoms with Crippen molar-refractivity contribution in [1.29, 1.82) is 0 Å². The number of carbonyl (C=O) groups is 3. The third-order valence-corrected chi connectivity index (χ3v) is 15.0. The highest BCUT2D eigenvalue weighted by Gasteiger charge is 2.47. The predicted octanol–water partition coefficient (Wildman–Crippen LogP) is -2.51. The maximum Gasteiger partial charge on any atom is 0.274 e. The molecular weight excluding hydrogens is 1030 g/mol. The van der Waals surface area contributed by atoms with Crippen LogP contribution in [0.4, 0.5) is 5.82 Å². The van der Waals surface area contributed by atoms with Crippen LogP contribution in [0.15, 0.2) is 12.7 Å². The Labute approximate surface area is 412 Å². The molecule has 0 bridgehead atoms. The number of phosphoric ester groups is 3. The lowest BCUT2D eigenvalue weighted by Gasteiger charge is -2.36. The minimum absolute atomic E-state index is 0.0325. The smallest absolute Gasteiger partial charge is 0.274 e. The van der Waals surface area contributed by atoms with Gasteiger partial charge in [-0.2, -0.15) is 0 Å². The summed E-state index contributed by atoms with van der Waals surface area (Å²) in [6.07, 6.45) is -7.02. The molecule has 406 valence electrons. The summed E-state index contributed by atoms with van der Waals surface area (Å²) in [6, 6.07) is 0. The first-order chi connectivity index (χ1) is 33.1. The van der Waals surface area contributed by atoms with Crippen molar-refractivity contribution in [1.82, 2.24) is 30.2 Å². The molecule has 4 heterocycles. The fourth-order valence-corrected chi connectivity index (χ4v) is 10.6. The van der Waals surface area contributed by atoms with E-state index in [2.05, 4.69) is 43.5 Å². The number of aromatic nitrogens is 4. The van der Waals surface area contributed by atoms with Gasteiger partial charge in [0.2, 0.25) is 11.8 Å². The van der Waals surface area contributed by atoms with Gasteiger partial charge in [0.1, 0.15) is 42.4 Å². The molecule has 2 aliphatic rings. The van der Waals surface area contributed by atoms with Gasteiger partial charge >= 0.3 is 0 Å². The predicted molar refractivity (Wildman–Crippen MR) is 238 cm³/mol. The summed E-state index contributed by atoms with van der Waals surface area (Å²) in [7, 11) is -17.7. The SMILES string of the molecule is C[C@H](CCCCCC[C@@H](O)CC(=O)SCCNC(=O)CCNC(=O)[C@H](O)C(C)(C)COP(=O)([O-])OP(=O)([O-])OC[C@H]1O[C@@H](n2cnc3c(N)ncnc32)[C@H](O)[C@@H]1OP(=O)([O-])[O-])O[C@@H]1O[C@@H](C)[C@H](O)C[C@H]1O. The summed E-state index contributed by atoms with van der Waals surface area (Å²) in [6.45, 7) is 3.48. The monoisotopic (exact) mass is 1090 g/mol. The molecule has 2 saturated heterocycles. The number of nitrogens with two attached hydrogens (primary N) is 1. The minimum atomic E-state index is -5.95. The summed E-state index contributed by atoms with van der Waals surface area (Å²) in [5.74, 6) is -1.44. The van der Waals surface area contributed by atoms with Crippen LogP contribution in [0.25, 0.3) is 11.2 Å². The van der Waals surface area contributed by atoms with E-state index in [9.17, 15) is 73.2 Å². The molecule has 29 nitrogen and oxygen atoms in total. The molecule has 2 amide bonds. The number of imidazole rings is 1. The van der Waals surface area contributed by atoms with Gasteiger partial charge in [-0.25, -0.2) is 19.3 Å². The van der Waals surface area contributed by atoms with E-state index >= 15 is 0 Å². The molecule has 0 spiro atoms. The van der Waals surface area contributed by atoms with Crippen molar-refractivity contribution in [3.05, 3.63) is 12.7 Å². The van der Waals surface area contributed by atoms with Crippen molar-refractivity contribution in [3.63, 3.8) is 0 Å². The molecule has 2 aromatic rings. The number of aliphatic hydroxyl groups is 5. The molecule has 4 rings (SSSR count). The van der Waals surface area contributed by atoms with E-state index in [-0.39, 0.29) is 66.3 Å². The van der Waals surface area contributed by atoms with Gasteiger partial charge < -0.3 is 93.8 Å². The van der Waals surface area contributed by atoms with Crippen molar-refractivity contribution in [2.24, 2.45) is 5.41 Å². The van der Waals surface area contributed by atoms with Crippen LogP contribution in [-0.2, 0) is 60.2 Å². The van der Waals surface area contributed by atoms with Gasteiger partial charge in [-0.3, -0.25) is 28.1 Å². The zero-order valence-electron chi connectivity index (χ0n) is 39.2. The molecule has 71 heavy (non-hydrogen) atoms. The Bertz CT molecular complexity index is 2210. The highest BCUT2D eigenvalue weighted by molar-refractivity contribution is 8.13. The van der Waals surface area contributed by atoms with Crippen molar-refractivity contribution >= 4 is 69.1 Å². The first kappa shape index (κ1) is 60.9. The number of unbranched alkanes of at least 4 members (excludes halogenated alkanes) is 3. The van der Waals surface area contributed by atoms with E-state index in [0.29, 0.717) is 12.8 Å². The largest absolute Gasteiger partial charge is 0.790 e. The number of nitrogens with zero attached hydrogens (tertiary/aromatic N) is 4. The summed E-state index contributed by atoms with van der Waals surface area (Å²) < 4.78 is 72.1. The molecule has 0 aromatic carbocycles. The van der Waals surface area contributed by atoms with Gasteiger partial charge in [-0.15, -0.1) is 0 Å². The second kappa shape index (κ2) is 27.2. The second-order valence-electron chi connectivity index (χ2n) is 17.6. The van der Waals surface area contributed by atoms with E-state index in [1.165, 1.54) is 13.8 Å². The molecule has 2 unspecified atom stereocenters. The average Bonchev–Trinajstić information content (AvgIpc) is 3.83. The lowest BCUT2D eigenvalue weighted by Crippen LogP contribution is -2.48.